The maximum Gasteiger partial charge on any atom is 0.222 e. The molecule has 2 aliphatic rings. The standard InChI is InChI=1S/C17H33N3O/c1-3-12-20-13-9-16(10-14-20)19(2)17(21)8-7-15-6-4-5-11-18-15/h15-16,18H,3-14H2,1-2H3. The number of nitrogens with zero attached hydrogens (tertiary/aromatic N) is 2. The van der Waals surface area contributed by atoms with E-state index in [2.05, 4.69) is 17.1 Å². The highest BCUT2D eigenvalue weighted by Crippen LogP contribution is 2.18. The molecule has 1 N–H and O–H groups in total. The van der Waals surface area contributed by atoms with Crippen molar-refractivity contribution in [1.82, 2.24) is 15.1 Å². The molecule has 2 rings (SSSR count). The van der Waals surface area contributed by atoms with Gasteiger partial charge in [0.05, 0.1) is 0 Å². The molecule has 4 heteroatoms. The van der Waals surface area contributed by atoms with Crippen LogP contribution in [0.15, 0.2) is 0 Å². The SMILES string of the molecule is CCCN1CCC(N(C)C(=O)CCC2CCCCN2)CC1. The zero-order valence-corrected chi connectivity index (χ0v) is 13.9. The van der Waals surface area contributed by atoms with E-state index in [0.29, 0.717) is 24.4 Å². The monoisotopic (exact) mass is 295 g/mol. The van der Waals surface area contributed by atoms with E-state index in [1.54, 1.807) is 0 Å². The van der Waals surface area contributed by atoms with Crippen molar-refractivity contribution < 1.29 is 4.79 Å². The third-order valence-electron chi connectivity index (χ3n) is 5.16. The molecule has 0 aromatic rings. The molecule has 0 aromatic heterocycles. The molecule has 122 valence electrons. The molecule has 2 fully saturated rings. The van der Waals surface area contributed by atoms with Crippen molar-refractivity contribution in [3.8, 4) is 0 Å². The maximum absolute atomic E-state index is 12.4. The number of likely N-dealkylation sites (tertiary alicyclic amines) is 1. The Morgan fingerprint density at radius 1 is 1.24 bits per heavy atom. The number of nitrogens with one attached hydrogen (secondary N) is 1. The normalized spacial score (nSPS) is 25.0. The Balaban J connectivity index is 1.67. The smallest absolute Gasteiger partial charge is 0.222 e. The number of carbonyl (C=O) groups is 1. The van der Waals surface area contributed by atoms with E-state index in [0.717, 1.165) is 38.9 Å². The Bertz CT molecular complexity index is 307. The average molecular weight is 295 g/mol. The molecule has 1 unspecified atom stereocenters. The highest BCUT2D eigenvalue weighted by atomic mass is 16.2. The van der Waals surface area contributed by atoms with E-state index in [1.807, 2.05) is 11.9 Å². The zero-order valence-electron chi connectivity index (χ0n) is 13.9. The summed E-state index contributed by atoms with van der Waals surface area (Å²) in [6.07, 6.45) is 9.09. The van der Waals surface area contributed by atoms with Gasteiger partial charge in [-0.3, -0.25) is 4.79 Å². The lowest BCUT2D eigenvalue weighted by Gasteiger charge is -2.37. The molecule has 2 heterocycles. The predicted octanol–water partition coefficient (Wildman–Crippen LogP) is 2.24. The van der Waals surface area contributed by atoms with Crippen LogP contribution < -0.4 is 5.32 Å². The van der Waals surface area contributed by atoms with Gasteiger partial charge >= 0.3 is 0 Å². The topological polar surface area (TPSA) is 35.6 Å². The van der Waals surface area contributed by atoms with Crippen LogP contribution in [-0.2, 0) is 4.79 Å². The summed E-state index contributed by atoms with van der Waals surface area (Å²) in [4.78, 5) is 16.9. The molecule has 0 aromatic carbocycles. The van der Waals surface area contributed by atoms with Crippen molar-refractivity contribution in [3.63, 3.8) is 0 Å². The van der Waals surface area contributed by atoms with E-state index in [9.17, 15) is 4.79 Å². The van der Waals surface area contributed by atoms with Gasteiger partial charge in [-0.1, -0.05) is 13.3 Å². The van der Waals surface area contributed by atoms with Crippen LogP contribution in [0.2, 0.25) is 0 Å². The van der Waals surface area contributed by atoms with Crippen LogP contribution in [0.5, 0.6) is 0 Å². The van der Waals surface area contributed by atoms with E-state index >= 15 is 0 Å². The third kappa shape index (κ3) is 5.26. The Hall–Kier alpha value is -0.610. The summed E-state index contributed by atoms with van der Waals surface area (Å²) < 4.78 is 0. The number of hydrogen-bond acceptors (Lipinski definition) is 3. The van der Waals surface area contributed by atoms with Gasteiger partial charge in [0.25, 0.3) is 0 Å². The van der Waals surface area contributed by atoms with Crippen LogP contribution in [0.3, 0.4) is 0 Å². The largest absolute Gasteiger partial charge is 0.343 e. The number of carbonyl (C=O) groups excluding carboxylic acids is 1. The minimum absolute atomic E-state index is 0.344. The van der Waals surface area contributed by atoms with Crippen LogP contribution in [0.1, 0.15) is 58.3 Å². The Morgan fingerprint density at radius 3 is 2.62 bits per heavy atom. The van der Waals surface area contributed by atoms with E-state index in [4.69, 9.17) is 0 Å². The zero-order chi connectivity index (χ0) is 15.1. The third-order valence-corrected chi connectivity index (χ3v) is 5.16. The number of rotatable bonds is 6. The van der Waals surface area contributed by atoms with Crippen LogP contribution >= 0.6 is 0 Å². The quantitative estimate of drug-likeness (QED) is 0.816. The molecule has 2 aliphatic heterocycles. The molecule has 2 saturated heterocycles. The van der Waals surface area contributed by atoms with Crippen LogP contribution in [-0.4, -0.2) is 61.0 Å². The maximum atomic E-state index is 12.4. The van der Waals surface area contributed by atoms with Gasteiger partial charge in [-0.25, -0.2) is 0 Å². The lowest BCUT2D eigenvalue weighted by Crippen LogP contribution is -2.46. The van der Waals surface area contributed by atoms with Crippen molar-refractivity contribution in [2.75, 3.05) is 33.2 Å². The Labute approximate surface area is 130 Å². The molecule has 1 atom stereocenters. The van der Waals surface area contributed by atoms with Crippen molar-refractivity contribution >= 4 is 5.91 Å². The summed E-state index contributed by atoms with van der Waals surface area (Å²) in [5.74, 6) is 0.344. The van der Waals surface area contributed by atoms with Crippen LogP contribution in [0.4, 0.5) is 0 Å². The van der Waals surface area contributed by atoms with Gasteiger partial charge in [-0.05, 0) is 51.6 Å². The van der Waals surface area contributed by atoms with Gasteiger partial charge in [0.1, 0.15) is 0 Å². The number of hydrogen-bond donors (Lipinski definition) is 1. The molecule has 4 nitrogen and oxygen atoms in total. The lowest BCUT2D eigenvalue weighted by molar-refractivity contribution is -0.133. The van der Waals surface area contributed by atoms with Crippen LogP contribution in [0.25, 0.3) is 0 Å². The minimum atomic E-state index is 0.344. The fourth-order valence-corrected chi connectivity index (χ4v) is 3.69. The number of amides is 1. The molecule has 21 heavy (non-hydrogen) atoms. The molecular weight excluding hydrogens is 262 g/mol. The summed E-state index contributed by atoms with van der Waals surface area (Å²) in [6, 6.07) is 1.03. The van der Waals surface area contributed by atoms with Crippen molar-refractivity contribution in [2.24, 2.45) is 0 Å². The first-order chi connectivity index (χ1) is 10.2. The molecule has 0 aliphatic carbocycles. The van der Waals surface area contributed by atoms with Crippen molar-refractivity contribution in [1.29, 1.82) is 0 Å². The molecule has 0 bridgehead atoms. The van der Waals surface area contributed by atoms with Gasteiger partial charge in [-0.2, -0.15) is 0 Å². The van der Waals surface area contributed by atoms with E-state index in [1.165, 1.54) is 32.2 Å². The van der Waals surface area contributed by atoms with E-state index in [-0.39, 0.29) is 0 Å². The Morgan fingerprint density at radius 2 is 2.00 bits per heavy atom. The summed E-state index contributed by atoms with van der Waals surface area (Å²) in [7, 11) is 2.01. The first-order valence-electron chi connectivity index (χ1n) is 8.92. The van der Waals surface area contributed by atoms with Gasteiger partial charge in [0.15, 0.2) is 0 Å². The fourth-order valence-electron chi connectivity index (χ4n) is 3.69. The summed E-state index contributed by atoms with van der Waals surface area (Å²) in [5.41, 5.74) is 0. The molecule has 0 saturated carbocycles. The van der Waals surface area contributed by atoms with Crippen LogP contribution in [0, 0.1) is 0 Å². The first kappa shape index (κ1) is 16.8. The molecule has 0 radical (unpaired) electrons. The van der Waals surface area contributed by atoms with Gasteiger partial charge < -0.3 is 15.1 Å². The second-order valence-electron chi connectivity index (χ2n) is 6.76. The molecule has 0 spiro atoms. The highest BCUT2D eigenvalue weighted by molar-refractivity contribution is 5.76. The Kier molecular flexibility index (Phi) is 6.97. The lowest BCUT2D eigenvalue weighted by atomic mass is 9.99. The predicted molar refractivity (Wildman–Crippen MR) is 87.4 cm³/mol. The first-order valence-corrected chi connectivity index (χ1v) is 8.92. The van der Waals surface area contributed by atoms with Gasteiger partial charge in [0.2, 0.25) is 5.91 Å². The second kappa shape index (κ2) is 8.74. The number of piperidine rings is 2. The molecule has 1 amide bonds. The second-order valence-corrected chi connectivity index (χ2v) is 6.76. The van der Waals surface area contributed by atoms with Crippen molar-refractivity contribution in [2.45, 2.75) is 70.4 Å². The average Bonchev–Trinajstić information content (AvgIpc) is 2.54. The summed E-state index contributed by atoms with van der Waals surface area (Å²) in [5, 5.41) is 3.54. The molecular formula is C17H33N3O. The summed E-state index contributed by atoms with van der Waals surface area (Å²) >= 11 is 0. The fraction of sp³-hybridized carbons (Fsp3) is 0.941. The highest BCUT2D eigenvalue weighted by Gasteiger charge is 2.25. The van der Waals surface area contributed by atoms with E-state index < -0.39 is 0 Å². The minimum Gasteiger partial charge on any atom is -0.343 e. The van der Waals surface area contributed by atoms with Gasteiger partial charge in [0, 0.05) is 38.6 Å². The van der Waals surface area contributed by atoms with Crippen molar-refractivity contribution in [3.05, 3.63) is 0 Å². The summed E-state index contributed by atoms with van der Waals surface area (Å²) in [6.45, 7) is 6.88. The van der Waals surface area contributed by atoms with Gasteiger partial charge in [-0.15, -0.1) is 0 Å².